The van der Waals surface area contributed by atoms with Gasteiger partial charge >= 0.3 is 5.97 Å². The highest BCUT2D eigenvalue weighted by molar-refractivity contribution is 6.05. The number of carbonyl (C=O) groups is 2. The van der Waals surface area contributed by atoms with E-state index in [1.807, 2.05) is 0 Å². The summed E-state index contributed by atoms with van der Waals surface area (Å²) in [6, 6.07) is 4.60. The van der Waals surface area contributed by atoms with Crippen LogP contribution in [-0.2, 0) is 22.4 Å². The summed E-state index contributed by atoms with van der Waals surface area (Å²) < 4.78 is 11.9. The minimum absolute atomic E-state index is 0.00410. The summed E-state index contributed by atoms with van der Waals surface area (Å²) in [6.07, 6.45) is -3.55. The summed E-state index contributed by atoms with van der Waals surface area (Å²) in [5.74, 6) is -4.34. The van der Waals surface area contributed by atoms with Gasteiger partial charge < -0.3 is 50.3 Å². The molecular weight excluding hydrogens is 528 g/mol. The Kier molecular flexibility index (Phi) is 5.54. The molecule has 0 saturated carbocycles. The number of carboxylic acid groups (broad SMARTS) is 1. The number of ether oxygens (including phenoxy) is 2. The monoisotopic (exact) mass is 552 g/mol. The average Bonchev–Trinajstić information content (AvgIpc) is 3.14. The lowest BCUT2D eigenvalue weighted by Gasteiger charge is -2.45. The molecular formula is C28H24O12. The van der Waals surface area contributed by atoms with Crippen molar-refractivity contribution in [2.75, 3.05) is 0 Å². The summed E-state index contributed by atoms with van der Waals surface area (Å²) >= 11 is 0. The van der Waals surface area contributed by atoms with Gasteiger partial charge in [0.05, 0.1) is 23.2 Å². The van der Waals surface area contributed by atoms with Crippen molar-refractivity contribution in [3.8, 4) is 34.5 Å². The average molecular weight is 552 g/mol. The second-order valence-corrected chi connectivity index (χ2v) is 10.4. The van der Waals surface area contributed by atoms with Crippen molar-refractivity contribution in [2.45, 2.75) is 43.7 Å². The zero-order valence-corrected chi connectivity index (χ0v) is 20.6. The molecule has 6 rings (SSSR count). The molecule has 0 saturated heterocycles. The van der Waals surface area contributed by atoms with E-state index in [1.165, 1.54) is 18.2 Å². The van der Waals surface area contributed by atoms with E-state index >= 15 is 0 Å². The van der Waals surface area contributed by atoms with E-state index in [-0.39, 0.29) is 69.6 Å². The number of aromatic hydroxyl groups is 4. The number of phenols is 4. The molecule has 12 nitrogen and oxygen atoms in total. The van der Waals surface area contributed by atoms with Gasteiger partial charge in [-0.1, -0.05) is 6.08 Å². The second-order valence-electron chi connectivity index (χ2n) is 10.4. The van der Waals surface area contributed by atoms with Crippen LogP contribution in [0.1, 0.15) is 17.5 Å². The van der Waals surface area contributed by atoms with Gasteiger partial charge in [-0.25, -0.2) is 4.79 Å². The number of Topliss-reactive ketones (excluding diaryl/α,β-unsaturated/α-hetero) is 1. The van der Waals surface area contributed by atoms with Gasteiger partial charge in [0.15, 0.2) is 11.5 Å². The molecule has 0 radical (unpaired) electrons. The zero-order valence-electron chi connectivity index (χ0n) is 20.6. The number of benzene rings is 2. The van der Waals surface area contributed by atoms with E-state index in [0.29, 0.717) is 0 Å². The van der Waals surface area contributed by atoms with Crippen LogP contribution in [0.4, 0.5) is 0 Å². The molecule has 0 spiro atoms. The van der Waals surface area contributed by atoms with Crippen LogP contribution < -0.4 is 9.47 Å². The van der Waals surface area contributed by atoms with E-state index in [9.17, 15) is 50.4 Å². The van der Waals surface area contributed by atoms with Gasteiger partial charge in [-0.3, -0.25) is 4.79 Å². The Morgan fingerprint density at radius 1 is 0.850 bits per heavy atom. The fraction of sp³-hybridized carbons (Fsp3) is 0.286. The number of allylic oxidation sites excluding steroid dienone is 1. The standard InChI is InChI=1S/C28H24O12/c29-11-2-16(31)13-6-18(33)25(39-21(13)4-11)10-1-15(27(37)38)23-24(36)20(35)9-28(23,8-10)26-19(34)7-14-17(32)3-12(30)5-22(14)40-26/h1-5,8,18-19,25-26,29-34,36H,6-7,9H2,(H,37,38)/t18-,19-,25-,26+,28-/m1/s1. The molecule has 0 fully saturated rings. The summed E-state index contributed by atoms with van der Waals surface area (Å²) in [5, 5.41) is 83.4. The van der Waals surface area contributed by atoms with Crippen molar-refractivity contribution in [1.82, 2.24) is 0 Å². The fourth-order valence-corrected chi connectivity index (χ4v) is 6.19. The van der Waals surface area contributed by atoms with Gasteiger partial charge in [0.2, 0.25) is 0 Å². The number of aliphatic hydroxyl groups is 3. The Morgan fingerprint density at radius 2 is 1.43 bits per heavy atom. The molecule has 0 aromatic heterocycles. The second kappa shape index (κ2) is 8.66. The van der Waals surface area contributed by atoms with E-state index in [0.717, 1.165) is 18.2 Å². The summed E-state index contributed by atoms with van der Waals surface area (Å²) in [7, 11) is 0. The molecule has 12 heteroatoms. The first-order chi connectivity index (χ1) is 18.9. The van der Waals surface area contributed by atoms with Crippen LogP contribution in [0, 0.1) is 5.41 Å². The minimum atomic E-state index is -1.75. The normalized spacial score (nSPS) is 28.9. The van der Waals surface area contributed by atoms with Gasteiger partial charge in [-0.15, -0.1) is 0 Å². The molecule has 0 unspecified atom stereocenters. The van der Waals surface area contributed by atoms with E-state index in [1.54, 1.807) is 0 Å². The number of carbonyl (C=O) groups excluding carboxylic acids is 1. The van der Waals surface area contributed by atoms with Crippen molar-refractivity contribution in [2.24, 2.45) is 5.41 Å². The van der Waals surface area contributed by atoms with E-state index in [4.69, 9.17) is 9.47 Å². The molecule has 0 amide bonds. The maximum atomic E-state index is 12.9. The number of fused-ring (bicyclic) bond motifs is 3. The number of carboxylic acids is 1. The number of ketones is 1. The van der Waals surface area contributed by atoms with Crippen molar-refractivity contribution in [3.05, 3.63) is 70.0 Å². The minimum Gasteiger partial charge on any atom is -0.508 e. The fourth-order valence-electron chi connectivity index (χ4n) is 6.19. The number of aliphatic carboxylic acids is 1. The predicted octanol–water partition coefficient (Wildman–Crippen LogP) is 1.26. The lowest BCUT2D eigenvalue weighted by molar-refractivity contribution is -0.132. The maximum Gasteiger partial charge on any atom is 0.336 e. The molecule has 2 aromatic rings. The molecule has 8 N–H and O–H groups in total. The van der Waals surface area contributed by atoms with Crippen molar-refractivity contribution in [1.29, 1.82) is 0 Å². The molecule has 40 heavy (non-hydrogen) atoms. The van der Waals surface area contributed by atoms with Gasteiger partial charge in [-0.05, 0) is 11.6 Å². The summed E-state index contributed by atoms with van der Waals surface area (Å²) in [4.78, 5) is 25.3. The van der Waals surface area contributed by atoms with Crippen LogP contribution in [0.2, 0.25) is 0 Å². The Morgan fingerprint density at radius 3 is 2.02 bits per heavy atom. The maximum absolute atomic E-state index is 12.9. The van der Waals surface area contributed by atoms with Crippen LogP contribution in [0.3, 0.4) is 0 Å². The Labute approximate surface area is 225 Å². The lowest BCUT2D eigenvalue weighted by atomic mass is 9.66. The number of aliphatic hydroxyl groups excluding tert-OH is 3. The molecule has 208 valence electrons. The van der Waals surface area contributed by atoms with Crippen LogP contribution >= 0.6 is 0 Å². The van der Waals surface area contributed by atoms with Crippen molar-refractivity contribution in [3.63, 3.8) is 0 Å². The van der Waals surface area contributed by atoms with Crippen molar-refractivity contribution < 1.29 is 59.9 Å². The van der Waals surface area contributed by atoms with E-state index in [2.05, 4.69) is 0 Å². The van der Waals surface area contributed by atoms with Crippen LogP contribution in [-0.4, -0.2) is 77.0 Å². The third-order valence-corrected chi connectivity index (χ3v) is 7.86. The highest BCUT2D eigenvalue weighted by Gasteiger charge is 2.58. The SMILES string of the molecule is O=C(O)C1=CC([C@H]2Oc3cc(O)cc(O)c3C[C@H]2O)=C[C@@]2([C@H]3Oc4cc(O)cc(O)c4C[C@H]3O)CC(=O)C(O)=C12. The molecule has 4 aliphatic rings. The zero-order chi connectivity index (χ0) is 28.7. The predicted molar refractivity (Wildman–Crippen MR) is 133 cm³/mol. The van der Waals surface area contributed by atoms with Gasteiger partial charge in [0.1, 0.15) is 46.7 Å². The number of hydrogen-bond donors (Lipinski definition) is 8. The highest BCUT2D eigenvalue weighted by atomic mass is 16.5. The summed E-state index contributed by atoms with van der Waals surface area (Å²) in [5.41, 5.74) is -2.01. The van der Waals surface area contributed by atoms with E-state index < -0.39 is 59.3 Å². The highest BCUT2D eigenvalue weighted by Crippen LogP contribution is 2.55. The number of rotatable bonds is 3. The first-order valence-corrected chi connectivity index (χ1v) is 12.3. The molecule has 2 aliphatic heterocycles. The number of hydrogen-bond acceptors (Lipinski definition) is 11. The summed E-state index contributed by atoms with van der Waals surface area (Å²) in [6.45, 7) is 0. The third kappa shape index (κ3) is 3.67. The molecule has 2 aliphatic carbocycles. The van der Waals surface area contributed by atoms with Gasteiger partial charge in [-0.2, -0.15) is 0 Å². The Hall–Kier alpha value is -4.68. The molecule has 2 aromatic carbocycles. The Balaban J connectivity index is 1.51. The molecule has 5 atom stereocenters. The molecule has 0 bridgehead atoms. The topological polar surface area (TPSA) is 214 Å². The largest absolute Gasteiger partial charge is 0.508 e. The van der Waals surface area contributed by atoms with Gasteiger partial charge in [0.25, 0.3) is 0 Å². The van der Waals surface area contributed by atoms with Crippen LogP contribution in [0.5, 0.6) is 34.5 Å². The third-order valence-electron chi connectivity index (χ3n) is 7.86. The van der Waals surface area contributed by atoms with Crippen LogP contribution in [0.15, 0.2) is 58.9 Å². The quantitative estimate of drug-likeness (QED) is 0.270. The Bertz CT molecular complexity index is 1580. The number of phenolic OH excluding ortho intramolecular Hbond substituents is 4. The molecule has 2 heterocycles. The first-order valence-electron chi connectivity index (χ1n) is 12.3. The van der Waals surface area contributed by atoms with Crippen molar-refractivity contribution >= 4 is 11.8 Å². The first kappa shape index (κ1) is 25.6. The van der Waals surface area contributed by atoms with Gasteiger partial charge in [0, 0.05) is 60.2 Å². The smallest absolute Gasteiger partial charge is 0.336 e. The van der Waals surface area contributed by atoms with Crippen LogP contribution in [0.25, 0.3) is 0 Å². The lowest BCUT2D eigenvalue weighted by Crippen LogP contribution is -2.51.